The number of furan rings is 1. The lowest BCUT2D eigenvalue weighted by molar-refractivity contribution is 0.0692. The molecule has 2 amide bonds. The molecule has 0 aromatic carbocycles. The van der Waals surface area contributed by atoms with Crippen molar-refractivity contribution in [1.29, 1.82) is 0 Å². The first-order valence-corrected chi connectivity index (χ1v) is 6.37. The van der Waals surface area contributed by atoms with E-state index in [9.17, 15) is 9.59 Å². The molecular weight excluding hydrogens is 274 g/mol. The van der Waals surface area contributed by atoms with E-state index < -0.39 is 12.0 Å². The number of aryl methyl sites for hydroxylation is 2. The number of carbonyl (C=O) groups is 2. The monoisotopic (exact) mass is 291 g/mol. The summed E-state index contributed by atoms with van der Waals surface area (Å²) in [5, 5.41) is 11.6. The Labute approximate surface area is 121 Å². The average Bonchev–Trinajstić information content (AvgIpc) is 2.95. The molecule has 0 unspecified atom stereocenters. The van der Waals surface area contributed by atoms with Crippen LogP contribution in [0.2, 0.25) is 0 Å². The van der Waals surface area contributed by atoms with E-state index in [-0.39, 0.29) is 11.4 Å². The van der Waals surface area contributed by atoms with Gasteiger partial charge in [0.2, 0.25) is 0 Å². The zero-order valence-corrected chi connectivity index (χ0v) is 12.1. The average molecular weight is 291 g/mol. The first-order valence-electron chi connectivity index (χ1n) is 6.37. The quantitative estimate of drug-likeness (QED) is 0.806. The highest BCUT2D eigenvalue weighted by Gasteiger charge is 2.18. The molecule has 0 bridgehead atoms. The molecule has 21 heavy (non-hydrogen) atoms. The van der Waals surface area contributed by atoms with E-state index in [0.29, 0.717) is 18.0 Å². The number of urea groups is 1. The fourth-order valence-electron chi connectivity index (χ4n) is 1.94. The van der Waals surface area contributed by atoms with Gasteiger partial charge in [0.25, 0.3) is 0 Å². The van der Waals surface area contributed by atoms with Crippen LogP contribution in [0.4, 0.5) is 10.5 Å². The van der Waals surface area contributed by atoms with Crippen molar-refractivity contribution in [1.82, 2.24) is 9.88 Å². The zero-order chi connectivity index (χ0) is 15.6. The molecule has 2 heterocycles. The van der Waals surface area contributed by atoms with Crippen molar-refractivity contribution in [3.05, 3.63) is 41.1 Å². The maximum absolute atomic E-state index is 12.1. The van der Waals surface area contributed by atoms with Crippen LogP contribution in [0.25, 0.3) is 0 Å². The first kappa shape index (κ1) is 14.7. The second kappa shape index (κ2) is 5.74. The highest BCUT2D eigenvalue weighted by molar-refractivity contribution is 5.99. The molecular formula is C14H17N3O4. The van der Waals surface area contributed by atoms with Crippen molar-refractivity contribution in [2.45, 2.75) is 20.4 Å². The van der Waals surface area contributed by atoms with Gasteiger partial charge in [-0.1, -0.05) is 0 Å². The standard InChI is InChI=1S/C14H17N3O4/c1-8-6-11(12(15-8)13(18)19)16-14(20)17(3)7-10-5-4-9(2)21-10/h4-6,15H,7H2,1-3H3,(H,16,20)(H,18,19). The van der Waals surface area contributed by atoms with Crippen LogP contribution in [0.1, 0.15) is 27.7 Å². The molecule has 0 atom stereocenters. The fraction of sp³-hybridized carbons (Fsp3) is 0.286. The SMILES string of the molecule is Cc1cc(NC(=O)N(C)Cc2ccc(C)o2)c(C(=O)O)[nH]1. The topological polar surface area (TPSA) is 98.6 Å². The van der Waals surface area contributed by atoms with E-state index in [1.165, 1.54) is 4.90 Å². The Kier molecular flexibility index (Phi) is 4.02. The van der Waals surface area contributed by atoms with Crippen LogP contribution in [0.15, 0.2) is 22.6 Å². The molecule has 2 aromatic heterocycles. The van der Waals surface area contributed by atoms with E-state index >= 15 is 0 Å². The molecule has 7 heteroatoms. The van der Waals surface area contributed by atoms with Crippen LogP contribution >= 0.6 is 0 Å². The van der Waals surface area contributed by atoms with Gasteiger partial charge in [-0.05, 0) is 32.0 Å². The summed E-state index contributed by atoms with van der Waals surface area (Å²) < 4.78 is 5.40. The summed E-state index contributed by atoms with van der Waals surface area (Å²) >= 11 is 0. The van der Waals surface area contributed by atoms with Crippen molar-refractivity contribution in [2.24, 2.45) is 0 Å². The number of aromatic nitrogens is 1. The number of nitrogens with zero attached hydrogens (tertiary/aromatic N) is 1. The normalized spacial score (nSPS) is 10.4. The number of aromatic amines is 1. The van der Waals surface area contributed by atoms with E-state index in [4.69, 9.17) is 9.52 Å². The van der Waals surface area contributed by atoms with Crippen molar-refractivity contribution in [3.63, 3.8) is 0 Å². The van der Waals surface area contributed by atoms with Gasteiger partial charge >= 0.3 is 12.0 Å². The van der Waals surface area contributed by atoms with Gasteiger partial charge in [0.1, 0.15) is 17.2 Å². The van der Waals surface area contributed by atoms with Gasteiger partial charge in [-0.2, -0.15) is 0 Å². The second-order valence-electron chi connectivity index (χ2n) is 4.84. The molecule has 0 saturated carbocycles. The molecule has 2 rings (SSSR count). The lowest BCUT2D eigenvalue weighted by atomic mass is 10.3. The number of carboxylic acids is 1. The third kappa shape index (κ3) is 3.44. The number of hydrogen-bond donors (Lipinski definition) is 3. The summed E-state index contributed by atoms with van der Waals surface area (Å²) in [6.07, 6.45) is 0. The molecule has 7 nitrogen and oxygen atoms in total. The minimum Gasteiger partial charge on any atom is -0.477 e. The first-order chi connectivity index (χ1) is 9.86. The minimum atomic E-state index is -1.12. The Morgan fingerprint density at radius 2 is 2.10 bits per heavy atom. The highest BCUT2D eigenvalue weighted by Crippen LogP contribution is 2.18. The van der Waals surface area contributed by atoms with E-state index in [2.05, 4.69) is 10.3 Å². The lowest BCUT2D eigenvalue weighted by Gasteiger charge is -2.16. The number of nitrogens with one attached hydrogen (secondary N) is 2. The van der Waals surface area contributed by atoms with E-state index in [1.54, 1.807) is 26.1 Å². The fourth-order valence-corrected chi connectivity index (χ4v) is 1.94. The summed E-state index contributed by atoms with van der Waals surface area (Å²) in [6.45, 7) is 3.84. The Morgan fingerprint density at radius 3 is 2.67 bits per heavy atom. The molecule has 3 N–H and O–H groups in total. The number of hydrogen-bond acceptors (Lipinski definition) is 3. The smallest absolute Gasteiger partial charge is 0.354 e. The van der Waals surface area contributed by atoms with Crippen molar-refractivity contribution in [2.75, 3.05) is 12.4 Å². The van der Waals surface area contributed by atoms with Gasteiger partial charge < -0.3 is 24.7 Å². The number of carbonyl (C=O) groups excluding carboxylic acids is 1. The van der Waals surface area contributed by atoms with Gasteiger partial charge in [0, 0.05) is 12.7 Å². The van der Waals surface area contributed by atoms with Crippen LogP contribution in [0.5, 0.6) is 0 Å². The van der Waals surface area contributed by atoms with Crippen LogP contribution in [-0.4, -0.2) is 34.0 Å². The summed E-state index contributed by atoms with van der Waals surface area (Å²) in [4.78, 5) is 27.2. The van der Waals surface area contributed by atoms with Gasteiger partial charge in [0.05, 0.1) is 12.2 Å². The molecule has 0 aliphatic heterocycles. The zero-order valence-electron chi connectivity index (χ0n) is 12.1. The number of H-pyrrole nitrogens is 1. The number of aromatic carboxylic acids is 1. The minimum absolute atomic E-state index is 0.0388. The molecule has 0 aliphatic rings. The largest absolute Gasteiger partial charge is 0.477 e. The number of anilines is 1. The Bertz CT molecular complexity index is 672. The Balaban J connectivity index is 2.05. The van der Waals surface area contributed by atoms with Gasteiger partial charge in [-0.3, -0.25) is 0 Å². The molecule has 0 fully saturated rings. The predicted octanol–water partition coefficient (Wildman–Crippen LogP) is 2.59. The highest BCUT2D eigenvalue weighted by atomic mass is 16.4. The van der Waals surface area contributed by atoms with Gasteiger partial charge in [-0.15, -0.1) is 0 Å². The molecule has 112 valence electrons. The van der Waals surface area contributed by atoms with Crippen molar-refractivity contribution < 1.29 is 19.1 Å². The van der Waals surface area contributed by atoms with Crippen LogP contribution < -0.4 is 5.32 Å². The van der Waals surface area contributed by atoms with Crippen LogP contribution in [0, 0.1) is 13.8 Å². The van der Waals surface area contributed by atoms with Crippen molar-refractivity contribution >= 4 is 17.7 Å². The summed E-state index contributed by atoms with van der Waals surface area (Å²) in [5.41, 5.74) is 0.864. The number of amides is 2. The number of carboxylic acid groups (broad SMARTS) is 1. The van der Waals surface area contributed by atoms with Crippen LogP contribution in [-0.2, 0) is 6.54 Å². The Morgan fingerprint density at radius 1 is 1.38 bits per heavy atom. The lowest BCUT2D eigenvalue weighted by Crippen LogP contribution is -2.31. The van der Waals surface area contributed by atoms with Crippen molar-refractivity contribution in [3.8, 4) is 0 Å². The summed E-state index contributed by atoms with van der Waals surface area (Å²) in [6, 6.07) is 4.78. The maximum Gasteiger partial charge on any atom is 0.354 e. The molecule has 2 aromatic rings. The Hall–Kier alpha value is -2.70. The predicted molar refractivity (Wildman–Crippen MR) is 76.4 cm³/mol. The van der Waals surface area contributed by atoms with E-state index in [1.807, 2.05) is 13.0 Å². The molecule has 0 radical (unpaired) electrons. The molecule has 0 saturated heterocycles. The molecule has 0 spiro atoms. The van der Waals surface area contributed by atoms with Gasteiger partial charge in [-0.25, -0.2) is 9.59 Å². The third-order valence-electron chi connectivity index (χ3n) is 2.94. The van der Waals surface area contributed by atoms with E-state index in [0.717, 1.165) is 5.76 Å². The third-order valence-corrected chi connectivity index (χ3v) is 2.94. The second-order valence-corrected chi connectivity index (χ2v) is 4.84. The van der Waals surface area contributed by atoms with Gasteiger partial charge in [0.15, 0.2) is 0 Å². The maximum atomic E-state index is 12.1. The summed E-state index contributed by atoms with van der Waals surface area (Å²) in [5.74, 6) is 0.310. The van der Waals surface area contributed by atoms with Crippen LogP contribution in [0.3, 0.4) is 0 Å². The number of rotatable bonds is 4. The molecule has 0 aliphatic carbocycles. The summed E-state index contributed by atoms with van der Waals surface area (Å²) in [7, 11) is 1.60.